The van der Waals surface area contributed by atoms with Gasteiger partial charge in [0.05, 0.1) is 11.7 Å². The van der Waals surface area contributed by atoms with E-state index in [1.807, 2.05) is 13.8 Å². The molecule has 0 aliphatic rings. The minimum Gasteiger partial charge on any atom is -0.426 e. The molecule has 0 saturated heterocycles. The van der Waals surface area contributed by atoms with Gasteiger partial charge in [0, 0.05) is 18.9 Å². The monoisotopic (exact) mass is 419 g/mol. The van der Waals surface area contributed by atoms with E-state index in [1.54, 1.807) is 11.7 Å². The Morgan fingerprint density at radius 3 is 2.50 bits per heavy atom. The maximum Gasteiger partial charge on any atom is 0.475 e. The second kappa shape index (κ2) is 14.2. The van der Waals surface area contributed by atoms with E-state index in [9.17, 15) is 29.8 Å². The average molecular weight is 419 g/mol. The average Bonchev–Trinajstić information content (AvgIpc) is 2.55. The van der Waals surface area contributed by atoms with Crippen molar-refractivity contribution in [2.24, 2.45) is 22.6 Å². The molecule has 0 unspecified atom stereocenters. The number of thioether (sulfide) groups is 1. The van der Waals surface area contributed by atoms with Gasteiger partial charge in [-0.25, -0.2) is 15.1 Å². The van der Waals surface area contributed by atoms with Crippen LogP contribution in [0.25, 0.3) is 0 Å². The van der Waals surface area contributed by atoms with Crippen molar-refractivity contribution in [1.29, 1.82) is 0 Å². The van der Waals surface area contributed by atoms with Gasteiger partial charge in [-0.3, -0.25) is 9.59 Å². The number of nitro groups is 1. The van der Waals surface area contributed by atoms with Crippen LogP contribution < -0.4 is 16.5 Å². The van der Waals surface area contributed by atoms with E-state index in [4.69, 9.17) is 5.73 Å². The topological polar surface area (TPSA) is 180 Å². The van der Waals surface area contributed by atoms with Crippen LogP contribution in [0.5, 0.6) is 0 Å². The Labute approximate surface area is 169 Å². The van der Waals surface area contributed by atoms with Crippen molar-refractivity contribution < 1.29 is 24.7 Å². The molecule has 0 aromatic rings. The Morgan fingerprint density at radius 2 is 2.00 bits per heavy atom. The summed E-state index contributed by atoms with van der Waals surface area (Å²) in [5, 5.41) is 31.0. The number of rotatable bonds is 14. The van der Waals surface area contributed by atoms with E-state index < -0.39 is 29.9 Å². The van der Waals surface area contributed by atoms with Crippen LogP contribution in [-0.2, 0) is 9.59 Å². The highest BCUT2D eigenvalue weighted by atomic mass is 32.2. The highest BCUT2D eigenvalue weighted by Gasteiger charge is 2.29. The lowest BCUT2D eigenvalue weighted by molar-refractivity contribution is -0.525. The molecular weight excluding hydrogens is 389 g/mol. The minimum absolute atomic E-state index is 0.0228. The number of hydrazine groups is 1. The van der Waals surface area contributed by atoms with Gasteiger partial charge < -0.3 is 21.1 Å². The van der Waals surface area contributed by atoms with Crippen LogP contribution in [0.2, 0.25) is 0 Å². The number of nitrogens with zero attached hydrogens (tertiary/aromatic N) is 2. The quantitative estimate of drug-likeness (QED) is 0.0610. The lowest BCUT2D eigenvalue weighted by Crippen LogP contribution is -2.49. The summed E-state index contributed by atoms with van der Waals surface area (Å²) in [6.07, 6.45) is 2.86. The molecule has 0 aliphatic carbocycles. The molecule has 0 aromatic heterocycles. The summed E-state index contributed by atoms with van der Waals surface area (Å²) in [6.45, 7) is 3.93. The lowest BCUT2D eigenvalue weighted by atomic mass is 9.74. The number of Topliss-reactive ketones (excluding diaryl/α,β-unsaturated/α-hetero) is 1. The Kier molecular flexibility index (Phi) is 13.2. The highest BCUT2D eigenvalue weighted by Crippen LogP contribution is 2.16. The highest BCUT2D eigenvalue weighted by molar-refractivity contribution is 7.99. The van der Waals surface area contributed by atoms with Crippen LogP contribution in [0.3, 0.4) is 0 Å². The normalized spacial score (nSPS) is 13.7. The fourth-order valence-corrected chi connectivity index (χ4v) is 2.99. The van der Waals surface area contributed by atoms with Crippen molar-refractivity contribution in [3.63, 3.8) is 0 Å². The third-order valence-electron chi connectivity index (χ3n) is 3.76. The maximum atomic E-state index is 12.6. The van der Waals surface area contributed by atoms with E-state index in [2.05, 4.69) is 10.3 Å². The van der Waals surface area contributed by atoms with Crippen molar-refractivity contribution in [3.8, 4) is 0 Å². The molecule has 13 heteroatoms. The number of aliphatic imine (C=N–C) groups is 1. The second-order valence-electron chi connectivity index (χ2n) is 6.81. The van der Waals surface area contributed by atoms with E-state index in [1.165, 1.54) is 11.8 Å². The number of ketones is 1. The van der Waals surface area contributed by atoms with Gasteiger partial charge in [-0.15, -0.1) is 0 Å². The molecule has 2 atom stereocenters. The Balaban J connectivity index is 4.91. The SMILES string of the molecule is CSCC(=O)C[C@@H](CCCN=C(N)N[N+](=O)[O-])C(=O)N[C@@H](CC(C)C)B(O)O. The summed E-state index contributed by atoms with van der Waals surface area (Å²) in [6, 6.07) is 0. The van der Waals surface area contributed by atoms with Crippen LogP contribution in [0.1, 0.15) is 39.5 Å². The largest absolute Gasteiger partial charge is 0.475 e. The summed E-state index contributed by atoms with van der Waals surface area (Å²) in [5.74, 6) is -1.94. The number of amides is 1. The summed E-state index contributed by atoms with van der Waals surface area (Å²) in [5.41, 5.74) is 7.04. The molecule has 28 heavy (non-hydrogen) atoms. The van der Waals surface area contributed by atoms with Crippen LogP contribution in [0.4, 0.5) is 0 Å². The molecule has 0 spiro atoms. The van der Waals surface area contributed by atoms with Gasteiger partial charge in [0.1, 0.15) is 5.78 Å². The zero-order valence-electron chi connectivity index (χ0n) is 16.5. The molecule has 1 amide bonds. The van der Waals surface area contributed by atoms with Gasteiger partial charge in [0.15, 0.2) is 5.03 Å². The fraction of sp³-hybridized carbons (Fsp3) is 0.800. The molecule has 0 radical (unpaired) electrons. The number of carbonyl (C=O) groups is 2. The number of nitrogens with one attached hydrogen (secondary N) is 2. The first-order chi connectivity index (χ1) is 13.1. The molecule has 0 aromatic carbocycles. The van der Waals surface area contributed by atoms with Gasteiger partial charge >= 0.3 is 7.12 Å². The summed E-state index contributed by atoms with van der Waals surface area (Å²) in [7, 11) is -1.70. The molecule has 0 aliphatic heterocycles. The predicted molar refractivity (Wildman–Crippen MR) is 109 cm³/mol. The molecular formula is C15H30BN5O6S. The Hall–Kier alpha value is -1.86. The van der Waals surface area contributed by atoms with Crippen molar-refractivity contribution >= 4 is 36.5 Å². The summed E-state index contributed by atoms with van der Waals surface area (Å²) in [4.78, 5) is 38.6. The van der Waals surface area contributed by atoms with Gasteiger partial charge in [0.25, 0.3) is 5.96 Å². The van der Waals surface area contributed by atoms with Crippen LogP contribution in [0, 0.1) is 22.0 Å². The van der Waals surface area contributed by atoms with E-state index in [0.29, 0.717) is 19.3 Å². The summed E-state index contributed by atoms with van der Waals surface area (Å²) >= 11 is 1.36. The van der Waals surface area contributed by atoms with E-state index in [-0.39, 0.29) is 36.4 Å². The van der Waals surface area contributed by atoms with Crippen molar-refractivity contribution in [2.45, 2.75) is 45.5 Å². The minimum atomic E-state index is -1.70. The zero-order chi connectivity index (χ0) is 21.7. The van der Waals surface area contributed by atoms with Crippen LogP contribution >= 0.6 is 11.8 Å². The van der Waals surface area contributed by atoms with Crippen LogP contribution in [-0.4, -0.2) is 64.3 Å². The Morgan fingerprint density at radius 1 is 1.36 bits per heavy atom. The first-order valence-electron chi connectivity index (χ1n) is 8.94. The fourth-order valence-electron chi connectivity index (χ4n) is 2.55. The lowest BCUT2D eigenvalue weighted by Gasteiger charge is -2.23. The van der Waals surface area contributed by atoms with E-state index >= 15 is 0 Å². The number of nitrogens with two attached hydrogens (primary N) is 1. The van der Waals surface area contributed by atoms with Gasteiger partial charge in [0.2, 0.25) is 5.91 Å². The number of guanidine groups is 1. The molecule has 160 valence electrons. The van der Waals surface area contributed by atoms with Crippen molar-refractivity contribution in [2.75, 3.05) is 18.6 Å². The molecule has 0 fully saturated rings. The molecule has 0 saturated carbocycles. The van der Waals surface area contributed by atoms with Gasteiger partial charge in [-0.1, -0.05) is 19.3 Å². The molecule has 11 nitrogen and oxygen atoms in total. The van der Waals surface area contributed by atoms with Gasteiger partial charge in [-0.2, -0.15) is 11.8 Å². The van der Waals surface area contributed by atoms with E-state index in [0.717, 1.165) is 0 Å². The number of hydrogen-bond donors (Lipinski definition) is 5. The van der Waals surface area contributed by atoms with Crippen LogP contribution in [0.15, 0.2) is 4.99 Å². The molecule has 0 heterocycles. The van der Waals surface area contributed by atoms with Crippen molar-refractivity contribution in [3.05, 3.63) is 10.1 Å². The smallest absolute Gasteiger partial charge is 0.426 e. The standard InChI is InChI=1S/C15H30BN5O6S/c1-10(2)7-13(16(24)25)19-14(23)11(8-12(22)9-28-3)5-4-6-18-15(17)20-21(26)27/h10-11,13,24-25H,4-9H2,1-3H3,(H,19,23)(H3,17,18,20)/t11-,13+/m1/s1. The first-order valence-corrected chi connectivity index (χ1v) is 10.3. The number of carbonyl (C=O) groups excluding carboxylic acids is 2. The summed E-state index contributed by atoms with van der Waals surface area (Å²) < 4.78 is 0. The first kappa shape index (κ1) is 26.1. The predicted octanol–water partition coefficient (Wildman–Crippen LogP) is -0.656. The number of hydrogen-bond acceptors (Lipinski definition) is 8. The third-order valence-corrected chi connectivity index (χ3v) is 4.37. The molecule has 0 rings (SSSR count). The zero-order valence-corrected chi connectivity index (χ0v) is 17.3. The van der Waals surface area contributed by atoms with Gasteiger partial charge in [-0.05, 0) is 31.4 Å². The molecule has 6 N–H and O–H groups in total. The third kappa shape index (κ3) is 12.5. The Bertz CT molecular complexity index is 549. The maximum absolute atomic E-state index is 12.6. The molecule has 0 bridgehead atoms. The second-order valence-corrected chi connectivity index (χ2v) is 7.68. The van der Waals surface area contributed by atoms with Crippen molar-refractivity contribution in [1.82, 2.24) is 10.7 Å².